The molecule has 0 bridgehead atoms. The number of nitrogens with zero attached hydrogens (tertiary/aromatic N) is 1. The monoisotopic (exact) mass is 321 g/mol. The Morgan fingerprint density at radius 2 is 1.89 bits per heavy atom. The molecule has 0 amide bonds. The van der Waals surface area contributed by atoms with Gasteiger partial charge in [-0.25, -0.2) is 4.79 Å². The van der Waals surface area contributed by atoms with Gasteiger partial charge in [-0.3, -0.25) is 4.79 Å². The summed E-state index contributed by atoms with van der Waals surface area (Å²) in [6.07, 6.45) is 1.73. The Labute approximate surface area is 118 Å². The van der Waals surface area contributed by atoms with Crippen molar-refractivity contribution >= 4 is 21.9 Å². The number of carbonyl (C=O) groups excluding carboxylic acids is 1. The summed E-state index contributed by atoms with van der Waals surface area (Å²) in [6.45, 7) is 0.458. The van der Waals surface area contributed by atoms with Gasteiger partial charge in [0.2, 0.25) is 0 Å². The molecule has 0 N–H and O–H groups in total. The van der Waals surface area contributed by atoms with Crippen LogP contribution in [-0.2, 0) is 11.3 Å². The minimum Gasteiger partial charge on any atom is -0.465 e. The summed E-state index contributed by atoms with van der Waals surface area (Å²) >= 11 is 3.33. The number of benzene rings is 1. The van der Waals surface area contributed by atoms with Crippen LogP contribution in [0.15, 0.2) is 51.9 Å². The molecule has 98 valence electrons. The topological polar surface area (TPSA) is 48.3 Å². The van der Waals surface area contributed by atoms with E-state index in [-0.39, 0.29) is 11.5 Å². The number of rotatable bonds is 3. The lowest BCUT2D eigenvalue weighted by Crippen LogP contribution is -2.18. The smallest absolute Gasteiger partial charge is 0.337 e. The zero-order chi connectivity index (χ0) is 13.8. The first kappa shape index (κ1) is 13.5. The lowest BCUT2D eigenvalue weighted by atomic mass is 10.1. The Bertz CT molecular complexity index is 646. The molecule has 2 rings (SSSR count). The Morgan fingerprint density at radius 3 is 2.53 bits per heavy atom. The molecule has 0 aliphatic heterocycles. The standard InChI is InChI=1S/C14H12BrNO3/c1-19-14(18)11-4-2-10(3-5-11)8-16-9-12(15)6-7-13(16)17/h2-7,9H,8H2,1H3. The second-order valence-electron chi connectivity index (χ2n) is 4.00. The van der Waals surface area contributed by atoms with E-state index in [4.69, 9.17) is 0 Å². The molecular formula is C14H12BrNO3. The zero-order valence-corrected chi connectivity index (χ0v) is 11.9. The van der Waals surface area contributed by atoms with Crippen LogP contribution in [0.5, 0.6) is 0 Å². The normalized spacial score (nSPS) is 10.2. The van der Waals surface area contributed by atoms with E-state index in [0.29, 0.717) is 12.1 Å². The van der Waals surface area contributed by atoms with E-state index >= 15 is 0 Å². The molecule has 1 aromatic heterocycles. The van der Waals surface area contributed by atoms with Crippen LogP contribution in [0.3, 0.4) is 0 Å². The van der Waals surface area contributed by atoms with Gasteiger partial charge in [0.15, 0.2) is 0 Å². The minimum atomic E-state index is -0.369. The van der Waals surface area contributed by atoms with E-state index in [1.54, 1.807) is 41.1 Å². The molecule has 0 fully saturated rings. The maximum absolute atomic E-state index is 11.7. The Kier molecular flexibility index (Phi) is 4.16. The van der Waals surface area contributed by atoms with Crippen molar-refractivity contribution in [3.63, 3.8) is 0 Å². The highest BCUT2D eigenvalue weighted by Crippen LogP contribution is 2.09. The van der Waals surface area contributed by atoms with Crippen LogP contribution in [0.2, 0.25) is 0 Å². The van der Waals surface area contributed by atoms with Crippen molar-refractivity contribution in [2.75, 3.05) is 7.11 Å². The zero-order valence-electron chi connectivity index (χ0n) is 10.3. The Hall–Kier alpha value is -1.88. The third-order valence-corrected chi connectivity index (χ3v) is 3.14. The second kappa shape index (κ2) is 5.84. The summed E-state index contributed by atoms with van der Waals surface area (Å²) in [5, 5.41) is 0. The van der Waals surface area contributed by atoms with Gasteiger partial charge in [0.25, 0.3) is 5.56 Å². The molecule has 1 aromatic carbocycles. The predicted octanol–water partition coefficient (Wildman–Crippen LogP) is 2.45. The van der Waals surface area contributed by atoms with Crippen LogP contribution in [0.1, 0.15) is 15.9 Å². The Balaban J connectivity index is 2.22. The van der Waals surface area contributed by atoms with Crippen LogP contribution in [0, 0.1) is 0 Å². The molecule has 1 heterocycles. The number of hydrogen-bond acceptors (Lipinski definition) is 3. The predicted molar refractivity (Wildman–Crippen MR) is 75.3 cm³/mol. The van der Waals surface area contributed by atoms with Gasteiger partial charge in [0, 0.05) is 16.7 Å². The van der Waals surface area contributed by atoms with Crippen LogP contribution in [0.25, 0.3) is 0 Å². The highest BCUT2D eigenvalue weighted by molar-refractivity contribution is 9.10. The molecule has 19 heavy (non-hydrogen) atoms. The van der Waals surface area contributed by atoms with E-state index in [1.807, 2.05) is 0 Å². The average Bonchev–Trinajstić information content (AvgIpc) is 2.43. The van der Waals surface area contributed by atoms with E-state index < -0.39 is 0 Å². The van der Waals surface area contributed by atoms with Gasteiger partial charge in [-0.05, 0) is 39.7 Å². The van der Waals surface area contributed by atoms with Crippen LogP contribution < -0.4 is 5.56 Å². The van der Waals surface area contributed by atoms with Gasteiger partial charge >= 0.3 is 5.97 Å². The summed E-state index contributed by atoms with van der Waals surface area (Å²) in [6, 6.07) is 10.2. The molecule has 0 atom stereocenters. The van der Waals surface area contributed by atoms with E-state index in [9.17, 15) is 9.59 Å². The first-order valence-electron chi connectivity index (χ1n) is 5.63. The summed E-state index contributed by atoms with van der Waals surface area (Å²) in [5.74, 6) is -0.369. The van der Waals surface area contributed by atoms with Crippen molar-refractivity contribution in [1.29, 1.82) is 0 Å². The van der Waals surface area contributed by atoms with Crippen molar-refractivity contribution in [1.82, 2.24) is 4.57 Å². The third kappa shape index (κ3) is 3.32. The van der Waals surface area contributed by atoms with Gasteiger partial charge < -0.3 is 9.30 Å². The molecule has 0 saturated carbocycles. The highest BCUT2D eigenvalue weighted by atomic mass is 79.9. The lowest BCUT2D eigenvalue weighted by Gasteiger charge is -2.07. The molecule has 5 heteroatoms. The van der Waals surface area contributed by atoms with Gasteiger partial charge in [-0.2, -0.15) is 0 Å². The molecule has 0 saturated heterocycles. The quantitative estimate of drug-likeness (QED) is 0.816. The van der Waals surface area contributed by atoms with Crippen molar-refractivity contribution < 1.29 is 9.53 Å². The van der Waals surface area contributed by atoms with Gasteiger partial charge in [0.05, 0.1) is 19.2 Å². The fourth-order valence-corrected chi connectivity index (χ4v) is 2.07. The van der Waals surface area contributed by atoms with Gasteiger partial charge in [0.1, 0.15) is 0 Å². The summed E-state index contributed by atoms with van der Waals surface area (Å²) in [7, 11) is 1.34. The van der Waals surface area contributed by atoms with Crippen LogP contribution >= 0.6 is 15.9 Å². The largest absolute Gasteiger partial charge is 0.465 e. The molecule has 0 radical (unpaired) electrons. The summed E-state index contributed by atoms with van der Waals surface area (Å²) < 4.78 is 7.07. The molecular weight excluding hydrogens is 310 g/mol. The van der Waals surface area contributed by atoms with E-state index in [2.05, 4.69) is 20.7 Å². The maximum atomic E-state index is 11.7. The number of esters is 1. The molecule has 2 aromatic rings. The first-order valence-corrected chi connectivity index (χ1v) is 6.42. The number of halogens is 1. The molecule has 0 spiro atoms. The summed E-state index contributed by atoms with van der Waals surface area (Å²) in [4.78, 5) is 23.0. The van der Waals surface area contributed by atoms with Crippen molar-refractivity contribution in [3.05, 3.63) is 68.5 Å². The fraction of sp³-hybridized carbons (Fsp3) is 0.143. The fourth-order valence-electron chi connectivity index (χ4n) is 1.69. The Morgan fingerprint density at radius 1 is 1.21 bits per heavy atom. The number of pyridine rings is 1. The molecule has 4 nitrogen and oxygen atoms in total. The molecule has 0 aliphatic carbocycles. The SMILES string of the molecule is COC(=O)c1ccc(Cn2cc(Br)ccc2=O)cc1. The van der Waals surface area contributed by atoms with Crippen molar-refractivity contribution in [2.45, 2.75) is 6.54 Å². The van der Waals surface area contributed by atoms with Crippen molar-refractivity contribution in [2.24, 2.45) is 0 Å². The number of carbonyl (C=O) groups is 1. The number of methoxy groups -OCH3 is 1. The van der Waals surface area contributed by atoms with Gasteiger partial charge in [-0.15, -0.1) is 0 Å². The maximum Gasteiger partial charge on any atom is 0.337 e. The first-order chi connectivity index (χ1) is 9.10. The summed E-state index contributed by atoms with van der Waals surface area (Å²) in [5.41, 5.74) is 1.36. The van der Waals surface area contributed by atoms with E-state index in [0.717, 1.165) is 10.0 Å². The number of hydrogen-bond donors (Lipinski definition) is 0. The molecule has 0 aliphatic rings. The van der Waals surface area contributed by atoms with Gasteiger partial charge in [-0.1, -0.05) is 12.1 Å². The van der Waals surface area contributed by atoms with Crippen LogP contribution in [0.4, 0.5) is 0 Å². The second-order valence-corrected chi connectivity index (χ2v) is 4.92. The lowest BCUT2D eigenvalue weighted by molar-refractivity contribution is 0.0600. The number of aromatic nitrogens is 1. The minimum absolute atomic E-state index is 0.0692. The van der Waals surface area contributed by atoms with Crippen LogP contribution in [-0.4, -0.2) is 17.6 Å². The number of ether oxygens (including phenoxy) is 1. The van der Waals surface area contributed by atoms with E-state index in [1.165, 1.54) is 13.2 Å². The molecule has 0 unspecified atom stereocenters. The highest BCUT2D eigenvalue weighted by Gasteiger charge is 2.05. The third-order valence-electron chi connectivity index (χ3n) is 2.68. The average molecular weight is 322 g/mol. The van der Waals surface area contributed by atoms with Crippen molar-refractivity contribution in [3.8, 4) is 0 Å².